The van der Waals surface area contributed by atoms with E-state index < -0.39 is 0 Å². The fraction of sp³-hybridized carbons (Fsp3) is 0.333. The molecule has 0 heterocycles. The molecule has 0 atom stereocenters. The van der Waals surface area contributed by atoms with Gasteiger partial charge in [0.2, 0.25) is 0 Å². The molecule has 0 fully saturated rings. The van der Waals surface area contributed by atoms with E-state index in [-0.39, 0.29) is 0 Å². The molecule has 0 aromatic heterocycles. The number of hydrogen-bond donors (Lipinski definition) is 2. The van der Waals surface area contributed by atoms with Gasteiger partial charge in [-0.3, -0.25) is 0 Å². The molecule has 0 bridgehead atoms. The minimum Gasteiger partial charge on any atom is -0.313 e. The average molecular weight is 150 g/mol. The van der Waals surface area contributed by atoms with E-state index in [4.69, 9.17) is 10.8 Å². The van der Waals surface area contributed by atoms with Gasteiger partial charge in [-0.1, -0.05) is 25.2 Å². The standard InChI is InChI=1S/C9H14N2/c1-2-3-4-5-9(8-11)6-7-10/h3-5,7-8,10-11H,2,6H2,1H3/b4-3+,9-5-,10-7?,11-8?. The van der Waals surface area contributed by atoms with Crippen LogP contribution in [0, 0.1) is 10.8 Å². The predicted octanol–water partition coefficient (Wildman–Crippen LogP) is 2.57. The lowest BCUT2D eigenvalue weighted by Gasteiger charge is -1.89. The third-order valence-electron chi connectivity index (χ3n) is 1.21. The van der Waals surface area contributed by atoms with Gasteiger partial charge in [-0.15, -0.1) is 0 Å². The molecule has 2 heteroatoms. The second-order valence-corrected chi connectivity index (χ2v) is 2.13. The first kappa shape index (κ1) is 9.82. The van der Waals surface area contributed by atoms with E-state index in [0.29, 0.717) is 6.42 Å². The second kappa shape index (κ2) is 6.93. The van der Waals surface area contributed by atoms with E-state index in [0.717, 1.165) is 12.0 Å². The molecule has 0 spiro atoms. The minimum absolute atomic E-state index is 0.553. The number of hydrogen-bond acceptors (Lipinski definition) is 2. The van der Waals surface area contributed by atoms with E-state index in [1.165, 1.54) is 12.4 Å². The first-order chi connectivity index (χ1) is 5.35. The summed E-state index contributed by atoms with van der Waals surface area (Å²) < 4.78 is 0. The van der Waals surface area contributed by atoms with Gasteiger partial charge in [-0.2, -0.15) is 0 Å². The molecule has 0 aromatic rings. The van der Waals surface area contributed by atoms with Crippen LogP contribution in [0.15, 0.2) is 23.8 Å². The lowest BCUT2D eigenvalue weighted by atomic mass is 10.2. The first-order valence-corrected chi connectivity index (χ1v) is 3.70. The SMILES string of the molecule is CC/C=C/C=C(\C=N)CC=N. The molecule has 0 saturated carbocycles. The van der Waals surface area contributed by atoms with Crippen LogP contribution in [-0.4, -0.2) is 12.4 Å². The highest BCUT2D eigenvalue weighted by atomic mass is 14.3. The molecule has 11 heavy (non-hydrogen) atoms. The van der Waals surface area contributed by atoms with Crippen LogP contribution in [0.4, 0.5) is 0 Å². The van der Waals surface area contributed by atoms with Crippen LogP contribution >= 0.6 is 0 Å². The zero-order valence-corrected chi connectivity index (χ0v) is 6.80. The highest BCUT2D eigenvalue weighted by molar-refractivity contribution is 5.81. The normalized spacial score (nSPS) is 11.9. The van der Waals surface area contributed by atoms with Crippen LogP contribution in [0.1, 0.15) is 19.8 Å². The van der Waals surface area contributed by atoms with Gasteiger partial charge < -0.3 is 10.8 Å². The Bertz CT molecular complexity index is 178. The summed E-state index contributed by atoms with van der Waals surface area (Å²) >= 11 is 0. The summed E-state index contributed by atoms with van der Waals surface area (Å²) in [7, 11) is 0. The van der Waals surface area contributed by atoms with Crippen molar-refractivity contribution >= 4 is 12.4 Å². The van der Waals surface area contributed by atoms with Crippen molar-refractivity contribution in [2.24, 2.45) is 0 Å². The molecule has 60 valence electrons. The Hall–Kier alpha value is -1.18. The van der Waals surface area contributed by atoms with Gasteiger partial charge in [0.1, 0.15) is 0 Å². The summed E-state index contributed by atoms with van der Waals surface area (Å²) in [5.74, 6) is 0. The second-order valence-electron chi connectivity index (χ2n) is 2.13. The van der Waals surface area contributed by atoms with Crippen molar-refractivity contribution in [1.29, 1.82) is 10.8 Å². The molecule has 0 saturated heterocycles. The van der Waals surface area contributed by atoms with E-state index in [1.807, 2.05) is 18.2 Å². The van der Waals surface area contributed by atoms with Crippen molar-refractivity contribution in [2.45, 2.75) is 19.8 Å². The quantitative estimate of drug-likeness (QED) is 0.447. The van der Waals surface area contributed by atoms with Crippen molar-refractivity contribution in [1.82, 2.24) is 0 Å². The maximum atomic E-state index is 6.97. The maximum Gasteiger partial charge on any atom is 0.0213 e. The molecule has 0 aliphatic heterocycles. The Kier molecular flexibility index (Phi) is 6.19. The van der Waals surface area contributed by atoms with E-state index in [2.05, 4.69) is 6.92 Å². The Morgan fingerprint density at radius 3 is 2.55 bits per heavy atom. The van der Waals surface area contributed by atoms with Crippen LogP contribution in [0.3, 0.4) is 0 Å². The fourth-order valence-electron chi connectivity index (χ4n) is 0.621. The Morgan fingerprint density at radius 2 is 2.09 bits per heavy atom. The smallest absolute Gasteiger partial charge is 0.0213 e. The van der Waals surface area contributed by atoms with E-state index >= 15 is 0 Å². The monoisotopic (exact) mass is 150 g/mol. The summed E-state index contributed by atoms with van der Waals surface area (Å²) in [6.07, 6.45) is 9.95. The highest BCUT2D eigenvalue weighted by Crippen LogP contribution is 1.95. The molecule has 2 nitrogen and oxygen atoms in total. The van der Waals surface area contributed by atoms with E-state index in [9.17, 15) is 0 Å². The van der Waals surface area contributed by atoms with Gasteiger partial charge in [0.05, 0.1) is 0 Å². The van der Waals surface area contributed by atoms with Crippen LogP contribution in [0.25, 0.3) is 0 Å². The Balaban J connectivity index is 3.99. The predicted molar refractivity (Wildman–Crippen MR) is 49.7 cm³/mol. The lowest BCUT2D eigenvalue weighted by Crippen LogP contribution is -1.83. The molecular weight excluding hydrogens is 136 g/mol. The highest BCUT2D eigenvalue weighted by Gasteiger charge is 1.85. The molecule has 0 unspecified atom stereocenters. The van der Waals surface area contributed by atoms with Crippen molar-refractivity contribution in [3.63, 3.8) is 0 Å². The average Bonchev–Trinajstić information content (AvgIpc) is 2.03. The molecule has 0 radical (unpaired) electrons. The third-order valence-corrected chi connectivity index (χ3v) is 1.21. The topological polar surface area (TPSA) is 47.7 Å². The zero-order chi connectivity index (χ0) is 8.53. The summed E-state index contributed by atoms with van der Waals surface area (Å²) in [6, 6.07) is 0. The molecule has 0 amide bonds. The van der Waals surface area contributed by atoms with Gasteiger partial charge in [0, 0.05) is 12.6 Å². The largest absolute Gasteiger partial charge is 0.313 e. The van der Waals surface area contributed by atoms with Crippen LogP contribution in [-0.2, 0) is 0 Å². The van der Waals surface area contributed by atoms with Gasteiger partial charge >= 0.3 is 0 Å². The van der Waals surface area contributed by atoms with Crippen molar-refractivity contribution in [3.05, 3.63) is 23.8 Å². The molecule has 0 aliphatic carbocycles. The van der Waals surface area contributed by atoms with Gasteiger partial charge in [-0.05, 0) is 18.2 Å². The van der Waals surface area contributed by atoms with E-state index in [1.54, 1.807) is 0 Å². The van der Waals surface area contributed by atoms with Crippen molar-refractivity contribution in [3.8, 4) is 0 Å². The maximum absolute atomic E-state index is 6.97. The summed E-state index contributed by atoms with van der Waals surface area (Å²) in [5.41, 5.74) is 0.865. The van der Waals surface area contributed by atoms with Crippen molar-refractivity contribution < 1.29 is 0 Å². The van der Waals surface area contributed by atoms with Crippen LogP contribution in [0.5, 0.6) is 0 Å². The molecule has 0 aliphatic rings. The zero-order valence-electron chi connectivity index (χ0n) is 6.80. The van der Waals surface area contributed by atoms with Crippen LogP contribution in [0.2, 0.25) is 0 Å². The molecular formula is C9H14N2. The summed E-state index contributed by atoms with van der Waals surface area (Å²) in [5, 5.41) is 13.8. The molecule has 0 aromatic carbocycles. The van der Waals surface area contributed by atoms with Gasteiger partial charge in [0.15, 0.2) is 0 Å². The lowest BCUT2D eigenvalue weighted by molar-refractivity contribution is 1.22. The summed E-state index contributed by atoms with van der Waals surface area (Å²) in [4.78, 5) is 0. The Morgan fingerprint density at radius 1 is 1.36 bits per heavy atom. The van der Waals surface area contributed by atoms with Crippen molar-refractivity contribution in [2.75, 3.05) is 0 Å². The first-order valence-electron chi connectivity index (χ1n) is 3.70. The number of nitrogens with one attached hydrogen (secondary N) is 2. The third kappa shape index (κ3) is 5.27. The summed E-state index contributed by atoms with van der Waals surface area (Å²) in [6.45, 7) is 2.06. The van der Waals surface area contributed by atoms with Gasteiger partial charge in [-0.25, -0.2) is 0 Å². The van der Waals surface area contributed by atoms with Crippen LogP contribution < -0.4 is 0 Å². The number of rotatable bonds is 5. The minimum atomic E-state index is 0.553. The molecule has 2 N–H and O–H groups in total. The number of allylic oxidation sites excluding steroid dienone is 4. The Labute approximate surface area is 67.7 Å². The fourth-order valence-corrected chi connectivity index (χ4v) is 0.621. The molecule has 0 rings (SSSR count). The van der Waals surface area contributed by atoms with Gasteiger partial charge in [0.25, 0.3) is 0 Å².